The van der Waals surface area contributed by atoms with Gasteiger partial charge in [0.1, 0.15) is 30.8 Å². The Kier molecular flexibility index (Phi) is 30.4. The number of benzene rings is 2. The van der Waals surface area contributed by atoms with E-state index in [-0.39, 0.29) is 75.3 Å². The minimum atomic E-state index is -1.08. The number of terminal acetylenes is 1. The van der Waals surface area contributed by atoms with Crippen molar-refractivity contribution < 1.29 is 62.5 Å². The summed E-state index contributed by atoms with van der Waals surface area (Å²) in [5.41, 5.74) is 6.77. The molecule has 2 aromatic carbocycles. The fourth-order valence-corrected chi connectivity index (χ4v) is 10.6. The smallest absolute Gasteiger partial charge is 0.410 e. The summed E-state index contributed by atoms with van der Waals surface area (Å²) in [5.74, 6) is -2.06. The van der Waals surface area contributed by atoms with Crippen LogP contribution in [0.25, 0.3) is 0 Å². The maximum absolute atomic E-state index is 14.7. The monoisotopic (exact) mass is 1190 g/mol. The molecule has 1 saturated heterocycles. The lowest BCUT2D eigenvalue weighted by Crippen LogP contribution is -2.60. The van der Waals surface area contributed by atoms with E-state index in [2.05, 4.69) is 37.8 Å². The molecule has 1 aliphatic rings. The Morgan fingerprint density at radius 2 is 1.42 bits per heavy atom. The van der Waals surface area contributed by atoms with Crippen molar-refractivity contribution in [3.8, 4) is 12.3 Å². The topological polar surface area (TPSA) is 309 Å². The Morgan fingerprint density at radius 1 is 0.776 bits per heavy atom. The largest absolute Gasteiger partial charge is 0.445 e. The summed E-state index contributed by atoms with van der Waals surface area (Å²) in [5, 5.41) is 27.3. The molecule has 0 radical (unpaired) electrons. The van der Waals surface area contributed by atoms with Crippen LogP contribution in [0, 0.1) is 36.0 Å². The van der Waals surface area contributed by atoms with Gasteiger partial charge < -0.3 is 66.8 Å². The van der Waals surface area contributed by atoms with E-state index >= 15 is 0 Å². The second kappa shape index (κ2) is 35.9. The second-order valence-corrected chi connectivity index (χ2v) is 23.0. The number of carbonyl (C=O) groups is 9. The first-order valence-electron chi connectivity index (χ1n) is 29.5. The molecule has 3 rings (SSSR count). The minimum absolute atomic E-state index is 0.0270. The number of aliphatic hydroxyl groups is 1. The van der Waals surface area contributed by atoms with Crippen LogP contribution in [0.5, 0.6) is 0 Å². The third-order valence-corrected chi connectivity index (χ3v) is 15.6. The number of hydrogen-bond acceptors (Lipinski definition) is 13. The van der Waals surface area contributed by atoms with Crippen LogP contribution in [0.1, 0.15) is 137 Å². The van der Waals surface area contributed by atoms with Gasteiger partial charge in [0.05, 0.1) is 49.3 Å². The summed E-state index contributed by atoms with van der Waals surface area (Å²) >= 11 is 0. The van der Waals surface area contributed by atoms with E-state index in [1.807, 2.05) is 32.0 Å². The lowest BCUT2D eigenvalue weighted by molar-refractivity contribution is -0.147. The molecule has 23 nitrogen and oxygen atoms in total. The Morgan fingerprint density at radius 3 is 1.99 bits per heavy atom. The number of nitrogens with one attached hydrogen (secondary N) is 6. The molecule has 0 aliphatic carbocycles. The molecule has 85 heavy (non-hydrogen) atoms. The predicted molar refractivity (Wildman–Crippen MR) is 323 cm³/mol. The van der Waals surface area contributed by atoms with Crippen LogP contribution >= 0.6 is 0 Å². The minimum Gasteiger partial charge on any atom is -0.445 e. The van der Waals surface area contributed by atoms with Gasteiger partial charge >= 0.3 is 12.1 Å². The summed E-state index contributed by atoms with van der Waals surface area (Å²) in [6.45, 7) is 16.7. The molecule has 472 valence electrons. The highest BCUT2D eigenvalue weighted by Gasteiger charge is 2.42. The van der Waals surface area contributed by atoms with E-state index in [9.17, 15) is 48.3 Å². The van der Waals surface area contributed by atoms with E-state index in [0.29, 0.717) is 42.6 Å². The zero-order valence-electron chi connectivity index (χ0n) is 52.1. The van der Waals surface area contributed by atoms with Crippen LogP contribution in [0.15, 0.2) is 54.6 Å². The first kappa shape index (κ1) is 72.0. The van der Waals surface area contributed by atoms with Crippen LogP contribution in [0.3, 0.4) is 0 Å². The van der Waals surface area contributed by atoms with Crippen molar-refractivity contribution >= 4 is 59.2 Å². The number of likely N-dealkylation sites (N-methyl/N-ethyl adjacent to an activating group) is 2. The molecule has 10 amide bonds. The third kappa shape index (κ3) is 22.3. The van der Waals surface area contributed by atoms with Gasteiger partial charge in [-0.2, -0.15) is 0 Å². The number of anilines is 1. The number of hydrogen-bond donors (Lipinski definition) is 8. The Bertz CT molecular complexity index is 2540. The second-order valence-electron chi connectivity index (χ2n) is 23.0. The quantitative estimate of drug-likeness (QED) is 0.0347. The fraction of sp³-hybridized carbons (Fsp3) is 0.629. The molecule has 1 unspecified atom stereocenters. The number of likely N-dealkylation sites (tertiary alicyclic amines) is 1. The predicted octanol–water partition coefficient (Wildman–Crippen LogP) is 4.76. The normalized spacial score (nSPS) is 16.7. The van der Waals surface area contributed by atoms with E-state index in [4.69, 9.17) is 26.4 Å². The zero-order chi connectivity index (χ0) is 63.7. The van der Waals surface area contributed by atoms with E-state index in [1.165, 1.54) is 26.2 Å². The summed E-state index contributed by atoms with van der Waals surface area (Å²) in [6.07, 6.45) is 4.59. The van der Waals surface area contributed by atoms with E-state index in [1.54, 1.807) is 102 Å². The van der Waals surface area contributed by atoms with Gasteiger partial charge in [-0.1, -0.05) is 104 Å². The summed E-state index contributed by atoms with van der Waals surface area (Å²) in [4.78, 5) is 126. The number of amides is 10. The van der Waals surface area contributed by atoms with Crippen molar-refractivity contribution in [3.05, 3.63) is 65.7 Å². The number of methoxy groups -OCH3 is 2. The van der Waals surface area contributed by atoms with Crippen molar-refractivity contribution in [1.29, 1.82) is 0 Å². The lowest BCUT2D eigenvalue weighted by atomic mass is 9.89. The van der Waals surface area contributed by atoms with Crippen molar-refractivity contribution in [3.63, 3.8) is 0 Å². The molecule has 0 saturated carbocycles. The molecule has 0 spiro atoms. The molecule has 0 aromatic heterocycles. The number of nitrogens with zero attached hydrogens (tertiary/aromatic N) is 3. The van der Waals surface area contributed by atoms with Crippen LogP contribution in [-0.4, -0.2) is 169 Å². The number of primary amides is 1. The molecule has 11 atom stereocenters. The molecule has 1 fully saturated rings. The highest BCUT2D eigenvalue weighted by atomic mass is 16.6. The molecule has 23 heteroatoms. The zero-order valence-corrected chi connectivity index (χ0v) is 52.1. The number of carbonyl (C=O) groups excluding carboxylic acids is 9. The summed E-state index contributed by atoms with van der Waals surface area (Å²) in [7, 11) is 6.08. The maximum atomic E-state index is 14.7. The van der Waals surface area contributed by atoms with E-state index < -0.39 is 114 Å². The van der Waals surface area contributed by atoms with Gasteiger partial charge in [-0.15, -0.1) is 12.3 Å². The van der Waals surface area contributed by atoms with Crippen molar-refractivity contribution in [2.75, 3.05) is 46.7 Å². The van der Waals surface area contributed by atoms with Gasteiger partial charge in [0, 0.05) is 59.9 Å². The van der Waals surface area contributed by atoms with Crippen LogP contribution in [-0.2, 0) is 54.4 Å². The molecule has 1 heterocycles. The summed E-state index contributed by atoms with van der Waals surface area (Å²) < 4.78 is 17.6. The first-order chi connectivity index (χ1) is 40.2. The Balaban J connectivity index is 1.70. The number of aliphatic hydroxyl groups excluding tert-OH is 1. The van der Waals surface area contributed by atoms with Crippen LogP contribution < -0.4 is 37.6 Å². The van der Waals surface area contributed by atoms with Gasteiger partial charge in [-0.05, 0) is 79.5 Å². The van der Waals surface area contributed by atoms with Crippen molar-refractivity contribution in [2.24, 2.45) is 29.4 Å². The van der Waals surface area contributed by atoms with Crippen LogP contribution in [0.4, 0.5) is 15.3 Å². The Labute approximate surface area is 502 Å². The molecular weight excluding hydrogens is 1090 g/mol. The lowest BCUT2D eigenvalue weighted by Gasteiger charge is -2.41. The number of ether oxygens (including phenoxy) is 3. The highest BCUT2D eigenvalue weighted by Crippen LogP contribution is 2.29. The van der Waals surface area contributed by atoms with Crippen LogP contribution in [0.2, 0.25) is 0 Å². The Hall–Kier alpha value is -7.29. The number of nitrogens with two attached hydrogens (primary N) is 1. The van der Waals surface area contributed by atoms with Gasteiger partial charge in [0.15, 0.2) is 0 Å². The fourth-order valence-electron chi connectivity index (χ4n) is 10.6. The van der Waals surface area contributed by atoms with Gasteiger partial charge in [-0.25, -0.2) is 9.59 Å². The highest BCUT2D eigenvalue weighted by molar-refractivity contribution is 5.98. The van der Waals surface area contributed by atoms with Gasteiger partial charge in [0.2, 0.25) is 41.4 Å². The average molecular weight is 1190 g/mol. The molecule has 9 N–H and O–H groups in total. The SMILES string of the molecule is C#CCCC(=O)N[C@H](C(=O)N[C@@H](CCCNC(N)=O)C(=O)Nc1ccc(COC(=O)N(C)[C@H](C(=O)N[C@H](C(=O)N(C)[C@H](C(CC(=O)N2CCC[C@H]2[C@@H](CC(=O)N[C@H](C)[C@@H](O)c2ccccc2)OC)OC)[C@@H](C)CC)C(C)C)C(C)C)cc1)C(C)C. The van der Waals surface area contributed by atoms with Gasteiger partial charge in [-0.3, -0.25) is 38.5 Å². The van der Waals surface area contributed by atoms with Gasteiger partial charge in [0.25, 0.3) is 0 Å². The number of rotatable bonds is 34. The van der Waals surface area contributed by atoms with Crippen molar-refractivity contribution in [1.82, 2.24) is 41.3 Å². The molecule has 2 aromatic rings. The standard InChI is InChI=1S/C62H96N10O13/c1-15-17-27-49(73)68-52(37(3)4)58(78)67-45(25-21-32-64-61(63)81)57(77)66-44-30-28-42(29-31-44)36-85-62(82)71(12)54(39(7)8)59(79)69-53(38(5)6)60(80)70(11)55(40(9)16-2)48(84-14)35-51(75)72-33-22-26-46(72)47(83-13)34-50(74)65-41(10)56(76)43-23-19-18-20-24-43/h1,18-20,23-24,28-31,37-41,45-48,52-56,76H,16-17,21-22,25-27,32-36H2,2-14H3,(H,65,74)(H,66,77)(H,67,78)(H,68,73)(H,69,79)(H3,63,64,81)/t40-,41+,45-,46-,47+,48?,52-,53-,54-,55-,56+/m0/s1. The van der Waals surface area contributed by atoms with E-state index in [0.717, 1.165) is 0 Å². The molecule has 0 bridgehead atoms. The molecule has 1 aliphatic heterocycles. The van der Waals surface area contributed by atoms with Crippen molar-refractivity contribution in [2.45, 2.75) is 187 Å². The third-order valence-electron chi connectivity index (χ3n) is 15.6. The number of urea groups is 1. The molecular formula is C62H96N10O13. The first-order valence-corrected chi connectivity index (χ1v) is 29.5. The summed E-state index contributed by atoms with van der Waals surface area (Å²) in [6, 6.07) is 8.96. The maximum Gasteiger partial charge on any atom is 0.410 e. The average Bonchev–Trinajstić information content (AvgIpc) is 3.61.